The molecule has 5 heteroatoms. The maximum atomic E-state index is 10.8. The lowest BCUT2D eigenvalue weighted by molar-refractivity contribution is 0.144. The average Bonchev–Trinajstić information content (AvgIpc) is 2.72. The molecule has 0 amide bonds. The molecule has 2 aliphatic heterocycles. The molecule has 148 valence electrons. The molecule has 1 unspecified atom stereocenters. The van der Waals surface area contributed by atoms with Gasteiger partial charge in [0.05, 0.1) is 6.61 Å². The molecular formula is C23H29N3O2. The van der Waals surface area contributed by atoms with Crippen molar-refractivity contribution >= 4 is 5.71 Å². The zero-order valence-electron chi connectivity index (χ0n) is 16.7. The summed E-state index contributed by atoms with van der Waals surface area (Å²) >= 11 is 0. The second-order valence-electron chi connectivity index (χ2n) is 7.79. The van der Waals surface area contributed by atoms with E-state index in [9.17, 15) is 5.11 Å². The number of hydrogen-bond acceptors (Lipinski definition) is 5. The number of hydrogen-bond donors (Lipinski definition) is 2. The fourth-order valence-electron chi connectivity index (χ4n) is 4.24. The predicted octanol–water partition coefficient (Wildman–Crippen LogP) is 3.74. The van der Waals surface area contributed by atoms with E-state index in [1.54, 1.807) is 0 Å². The number of benzene rings is 2. The normalized spacial score (nSPS) is 22.1. The summed E-state index contributed by atoms with van der Waals surface area (Å²) in [5.74, 6) is 0.780. The van der Waals surface area contributed by atoms with Gasteiger partial charge in [0.1, 0.15) is 5.66 Å². The number of rotatable bonds is 4. The Balaban J connectivity index is 1.72. The summed E-state index contributed by atoms with van der Waals surface area (Å²) in [6, 6.07) is 16.2. The molecule has 0 saturated carbocycles. The Morgan fingerprint density at radius 1 is 1.14 bits per heavy atom. The van der Waals surface area contributed by atoms with Gasteiger partial charge in [0.15, 0.2) is 11.5 Å². The van der Waals surface area contributed by atoms with Crippen molar-refractivity contribution in [1.82, 2.24) is 10.2 Å². The quantitative estimate of drug-likeness (QED) is 0.850. The van der Waals surface area contributed by atoms with E-state index in [4.69, 9.17) is 9.73 Å². The van der Waals surface area contributed by atoms with Crippen LogP contribution in [0.4, 0.5) is 0 Å². The van der Waals surface area contributed by atoms with Gasteiger partial charge in [-0.3, -0.25) is 10.3 Å². The summed E-state index contributed by atoms with van der Waals surface area (Å²) in [6.07, 6.45) is 2.66. The number of para-hydroxylation sites is 1. The van der Waals surface area contributed by atoms with Crippen LogP contribution in [0.15, 0.2) is 53.5 Å². The Kier molecular flexibility index (Phi) is 5.38. The highest BCUT2D eigenvalue weighted by molar-refractivity contribution is 6.01. The fraction of sp³-hybridized carbons (Fsp3) is 0.435. The van der Waals surface area contributed by atoms with Crippen LogP contribution in [0, 0.1) is 0 Å². The summed E-state index contributed by atoms with van der Waals surface area (Å²) in [4.78, 5) is 7.56. The van der Waals surface area contributed by atoms with Crippen LogP contribution in [-0.2, 0) is 0 Å². The molecule has 1 saturated heterocycles. The van der Waals surface area contributed by atoms with Gasteiger partial charge in [-0.1, -0.05) is 42.5 Å². The number of likely N-dealkylation sites (tertiary alicyclic amines) is 1. The number of aromatic hydroxyl groups is 1. The topological polar surface area (TPSA) is 57.1 Å². The second kappa shape index (κ2) is 7.94. The average molecular weight is 380 g/mol. The van der Waals surface area contributed by atoms with E-state index >= 15 is 0 Å². The summed E-state index contributed by atoms with van der Waals surface area (Å²) in [6.45, 7) is 4.48. The zero-order chi connectivity index (χ0) is 19.6. The van der Waals surface area contributed by atoms with Crippen molar-refractivity contribution in [2.75, 3.05) is 26.7 Å². The Morgan fingerprint density at radius 2 is 1.89 bits per heavy atom. The van der Waals surface area contributed by atoms with Crippen LogP contribution < -0.4 is 10.1 Å². The maximum Gasteiger partial charge on any atom is 0.162 e. The van der Waals surface area contributed by atoms with Gasteiger partial charge in [-0.05, 0) is 38.4 Å². The molecule has 2 N–H and O–H groups in total. The Morgan fingerprint density at radius 3 is 2.61 bits per heavy atom. The van der Waals surface area contributed by atoms with Crippen molar-refractivity contribution < 1.29 is 9.84 Å². The molecule has 5 nitrogen and oxygen atoms in total. The number of piperidine rings is 1. The third kappa shape index (κ3) is 3.77. The molecule has 2 aromatic rings. The van der Waals surface area contributed by atoms with Crippen LogP contribution in [0.25, 0.3) is 0 Å². The summed E-state index contributed by atoms with van der Waals surface area (Å²) in [5, 5.41) is 14.6. The summed E-state index contributed by atoms with van der Waals surface area (Å²) in [7, 11) is 2.16. The second-order valence-corrected chi connectivity index (χ2v) is 7.79. The van der Waals surface area contributed by atoms with E-state index in [1.165, 1.54) is 0 Å². The molecule has 2 aromatic carbocycles. The van der Waals surface area contributed by atoms with Crippen LogP contribution in [0.5, 0.6) is 11.5 Å². The molecular weight excluding hydrogens is 350 g/mol. The largest absolute Gasteiger partial charge is 0.504 e. The number of ether oxygens (including phenoxy) is 1. The first-order chi connectivity index (χ1) is 13.6. The Hall–Kier alpha value is -2.37. The van der Waals surface area contributed by atoms with E-state index in [2.05, 4.69) is 41.5 Å². The minimum absolute atomic E-state index is 0.00322. The van der Waals surface area contributed by atoms with Crippen molar-refractivity contribution in [3.8, 4) is 11.5 Å². The molecule has 0 aromatic heterocycles. The fourth-order valence-corrected chi connectivity index (χ4v) is 4.24. The summed E-state index contributed by atoms with van der Waals surface area (Å²) < 4.78 is 5.62. The molecule has 1 spiro atoms. The van der Waals surface area contributed by atoms with Gasteiger partial charge in [0, 0.05) is 36.8 Å². The molecule has 0 bridgehead atoms. The van der Waals surface area contributed by atoms with Crippen molar-refractivity contribution in [1.29, 1.82) is 0 Å². The smallest absolute Gasteiger partial charge is 0.162 e. The zero-order valence-corrected chi connectivity index (χ0v) is 16.7. The highest BCUT2D eigenvalue weighted by atomic mass is 16.5. The molecule has 1 fully saturated rings. The highest BCUT2D eigenvalue weighted by Gasteiger charge is 2.40. The monoisotopic (exact) mass is 379 g/mol. The lowest BCUT2D eigenvalue weighted by Crippen LogP contribution is -2.55. The van der Waals surface area contributed by atoms with Crippen LogP contribution in [0.2, 0.25) is 0 Å². The number of aliphatic imine (C=N–C) groups is 1. The van der Waals surface area contributed by atoms with Crippen LogP contribution in [-0.4, -0.2) is 48.1 Å². The van der Waals surface area contributed by atoms with Crippen LogP contribution >= 0.6 is 0 Å². The van der Waals surface area contributed by atoms with Gasteiger partial charge in [-0.2, -0.15) is 0 Å². The van der Waals surface area contributed by atoms with E-state index in [1.807, 2.05) is 31.2 Å². The molecule has 28 heavy (non-hydrogen) atoms. The van der Waals surface area contributed by atoms with Crippen LogP contribution in [0.1, 0.15) is 43.4 Å². The lowest BCUT2D eigenvalue weighted by Gasteiger charge is -2.44. The van der Waals surface area contributed by atoms with Gasteiger partial charge in [0.25, 0.3) is 0 Å². The third-order valence-electron chi connectivity index (χ3n) is 5.82. The van der Waals surface area contributed by atoms with E-state index < -0.39 is 0 Å². The Labute approximate surface area is 167 Å². The highest BCUT2D eigenvalue weighted by Crippen LogP contribution is 2.40. The first-order valence-corrected chi connectivity index (χ1v) is 10.2. The van der Waals surface area contributed by atoms with Crippen molar-refractivity contribution in [2.24, 2.45) is 4.99 Å². The Bertz CT molecular complexity index is 842. The molecule has 0 radical (unpaired) electrons. The van der Waals surface area contributed by atoms with Gasteiger partial charge in [-0.25, -0.2) is 0 Å². The van der Waals surface area contributed by atoms with Crippen molar-refractivity contribution in [2.45, 2.75) is 37.9 Å². The molecule has 2 aliphatic rings. The van der Waals surface area contributed by atoms with Gasteiger partial charge in [0.2, 0.25) is 0 Å². The van der Waals surface area contributed by atoms with Gasteiger partial charge >= 0.3 is 0 Å². The summed E-state index contributed by atoms with van der Waals surface area (Å²) in [5.41, 5.74) is 2.87. The lowest BCUT2D eigenvalue weighted by atomic mass is 9.87. The minimum Gasteiger partial charge on any atom is -0.504 e. The van der Waals surface area contributed by atoms with E-state index in [-0.39, 0.29) is 17.5 Å². The van der Waals surface area contributed by atoms with Gasteiger partial charge in [-0.15, -0.1) is 0 Å². The van der Waals surface area contributed by atoms with E-state index in [0.29, 0.717) is 12.4 Å². The van der Waals surface area contributed by atoms with Crippen molar-refractivity contribution in [3.05, 3.63) is 59.7 Å². The van der Waals surface area contributed by atoms with E-state index in [0.717, 1.165) is 49.2 Å². The molecule has 1 atom stereocenters. The number of nitrogens with zero attached hydrogens (tertiary/aromatic N) is 2. The van der Waals surface area contributed by atoms with Crippen molar-refractivity contribution in [3.63, 3.8) is 0 Å². The SMILES string of the molecule is CCOc1cccc(C2CC(c3ccccc3)=NC3(CCN(C)CC3)N2)c1O. The standard InChI is InChI=1S/C23H29N3O2/c1-3-28-21-11-7-10-18(22(21)27)20-16-19(17-8-5-4-6-9-17)24-23(25-20)12-14-26(2)15-13-23/h4-11,20,25,27H,3,12-16H2,1-2H3. The first kappa shape index (κ1) is 19.0. The molecule has 4 rings (SSSR count). The number of phenols is 1. The number of phenolic OH excluding ortho intramolecular Hbond substituents is 1. The minimum atomic E-state index is -0.283. The van der Waals surface area contributed by atoms with Gasteiger partial charge < -0.3 is 14.7 Å². The predicted molar refractivity (Wildman–Crippen MR) is 112 cm³/mol. The molecule has 2 heterocycles. The molecule has 0 aliphatic carbocycles. The third-order valence-corrected chi connectivity index (χ3v) is 5.82. The van der Waals surface area contributed by atoms with Crippen LogP contribution in [0.3, 0.4) is 0 Å². The number of nitrogens with one attached hydrogen (secondary N) is 1. The maximum absolute atomic E-state index is 10.8. The first-order valence-electron chi connectivity index (χ1n) is 10.2.